The van der Waals surface area contributed by atoms with E-state index in [-0.39, 0.29) is 5.92 Å². The number of rotatable bonds is 5. The zero-order chi connectivity index (χ0) is 18.7. The molecule has 3 rings (SSSR count). The summed E-state index contributed by atoms with van der Waals surface area (Å²) in [6.45, 7) is 1.41. The van der Waals surface area contributed by atoms with E-state index in [1.165, 1.54) is 4.90 Å². The standard InChI is InChI=1S/C16H21F3N6O/c1-23-13(10-24-8-6-20-11-24)21-22-15(23)12-3-2-7-25(9-12)14(26)4-5-16(17,18)19/h6,8,11-12H,2-5,7,9-10H2,1H3/t12-/m0/s1. The van der Waals surface area contributed by atoms with Gasteiger partial charge in [-0.3, -0.25) is 4.79 Å². The molecule has 3 heterocycles. The second-order valence-corrected chi connectivity index (χ2v) is 6.56. The summed E-state index contributed by atoms with van der Waals surface area (Å²) in [5, 5.41) is 8.48. The number of likely N-dealkylation sites (tertiary alicyclic amines) is 1. The molecule has 0 radical (unpaired) electrons. The minimum atomic E-state index is -4.31. The maximum absolute atomic E-state index is 12.3. The number of piperidine rings is 1. The first-order chi connectivity index (χ1) is 12.3. The van der Waals surface area contributed by atoms with Crippen LogP contribution >= 0.6 is 0 Å². The molecule has 1 aliphatic rings. The highest BCUT2D eigenvalue weighted by atomic mass is 19.4. The fourth-order valence-corrected chi connectivity index (χ4v) is 3.23. The van der Waals surface area contributed by atoms with E-state index in [1.807, 2.05) is 22.4 Å². The summed E-state index contributed by atoms with van der Waals surface area (Å²) in [5.41, 5.74) is 0. The van der Waals surface area contributed by atoms with Gasteiger partial charge in [-0.2, -0.15) is 13.2 Å². The molecule has 0 spiro atoms. The summed E-state index contributed by atoms with van der Waals surface area (Å²) >= 11 is 0. The van der Waals surface area contributed by atoms with Gasteiger partial charge in [0.05, 0.1) is 19.3 Å². The minimum absolute atomic E-state index is 0.0207. The van der Waals surface area contributed by atoms with Crippen LogP contribution in [-0.2, 0) is 18.4 Å². The topological polar surface area (TPSA) is 68.8 Å². The average Bonchev–Trinajstić information content (AvgIpc) is 3.23. The number of aromatic nitrogens is 5. The summed E-state index contributed by atoms with van der Waals surface area (Å²) < 4.78 is 40.8. The maximum Gasteiger partial charge on any atom is 0.389 e. The van der Waals surface area contributed by atoms with Gasteiger partial charge >= 0.3 is 6.18 Å². The van der Waals surface area contributed by atoms with Crippen LogP contribution in [0.1, 0.15) is 43.3 Å². The minimum Gasteiger partial charge on any atom is -0.342 e. The van der Waals surface area contributed by atoms with Crippen molar-refractivity contribution in [1.82, 2.24) is 29.2 Å². The van der Waals surface area contributed by atoms with Crippen LogP contribution in [0.25, 0.3) is 0 Å². The Morgan fingerprint density at radius 3 is 2.85 bits per heavy atom. The van der Waals surface area contributed by atoms with Crippen molar-refractivity contribution in [3.05, 3.63) is 30.4 Å². The molecule has 1 fully saturated rings. The van der Waals surface area contributed by atoms with E-state index in [2.05, 4.69) is 15.2 Å². The van der Waals surface area contributed by atoms with E-state index >= 15 is 0 Å². The Morgan fingerprint density at radius 1 is 1.35 bits per heavy atom. The predicted molar refractivity (Wildman–Crippen MR) is 86.2 cm³/mol. The molecule has 0 N–H and O–H groups in total. The molecular formula is C16H21F3N6O. The molecule has 0 unspecified atom stereocenters. The van der Waals surface area contributed by atoms with Crippen LogP contribution in [-0.4, -0.2) is 54.4 Å². The van der Waals surface area contributed by atoms with Crippen molar-refractivity contribution in [2.24, 2.45) is 7.05 Å². The van der Waals surface area contributed by atoms with Gasteiger partial charge in [0.25, 0.3) is 0 Å². The van der Waals surface area contributed by atoms with Crippen LogP contribution in [0, 0.1) is 0 Å². The van der Waals surface area contributed by atoms with Crippen molar-refractivity contribution >= 4 is 5.91 Å². The van der Waals surface area contributed by atoms with E-state index in [0.29, 0.717) is 19.6 Å². The first-order valence-electron chi connectivity index (χ1n) is 8.52. The average molecular weight is 370 g/mol. The molecule has 0 saturated carbocycles. The Labute approximate surface area is 148 Å². The van der Waals surface area contributed by atoms with Gasteiger partial charge in [-0.05, 0) is 12.8 Å². The molecule has 26 heavy (non-hydrogen) atoms. The van der Waals surface area contributed by atoms with Crippen molar-refractivity contribution in [1.29, 1.82) is 0 Å². The Hall–Kier alpha value is -2.39. The molecule has 1 atom stereocenters. The van der Waals surface area contributed by atoms with Crippen LogP contribution in [0.15, 0.2) is 18.7 Å². The van der Waals surface area contributed by atoms with Gasteiger partial charge in [0.2, 0.25) is 5.91 Å². The van der Waals surface area contributed by atoms with Gasteiger partial charge in [-0.15, -0.1) is 10.2 Å². The van der Waals surface area contributed by atoms with Crippen molar-refractivity contribution in [2.75, 3.05) is 13.1 Å². The quantitative estimate of drug-likeness (QED) is 0.808. The molecule has 2 aromatic rings. The first kappa shape index (κ1) is 18.4. The highest BCUT2D eigenvalue weighted by Crippen LogP contribution is 2.28. The Bertz CT molecular complexity index is 740. The van der Waals surface area contributed by atoms with Gasteiger partial charge in [0.15, 0.2) is 5.82 Å². The second-order valence-electron chi connectivity index (χ2n) is 6.56. The lowest BCUT2D eigenvalue weighted by Gasteiger charge is -2.32. The maximum atomic E-state index is 12.3. The second kappa shape index (κ2) is 7.46. The molecule has 0 aliphatic carbocycles. The van der Waals surface area contributed by atoms with Crippen LogP contribution in [0.4, 0.5) is 13.2 Å². The number of amides is 1. The smallest absolute Gasteiger partial charge is 0.342 e. The van der Waals surface area contributed by atoms with Crippen molar-refractivity contribution < 1.29 is 18.0 Å². The largest absolute Gasteiger partial charge is 0.389 e. The van der Waals surface area contributed by atoms with E-state index in [0.717, 1.165) is 24.5 Å². The summed E-state index contributed by atoms with van der Waals surface area (Å²) in [5.74, 6) is 1.05. The molecule has 10 heteroatoms. The molecular weight excluding hydrogens is 349 g/mol. The van der Waals surface area contributed by atoms with E-state index < -0.39 is 24.9 Å². The number of hydrogen-bond acceptors (Lipinski definition) is 4. The van der Waals surface area contributed by atoms with Crippen molar-refractivity contribution in [2.45, 2.75) is 44.3 Å². The number of imidazole rings is 1. The molecule has 1 saturated heterocycles. The van der Waals surface area contributed by atoms with Crippen molar-refractivity contribution in [3.63, 3.8) is 0 Å². The predicted octanol–water partition coefficient (Wildman–Crippen LogP) is 2.11. The fourth-order valence-electron chi connectivity index (χ4n) is 3.23. The highest BCUT2D eigenvalue weighted by Gasteiger charge is 2.32. The van der Waals surface area contributed by atoms with Gasteiger partial charge < -0.3 is 14.0 Å². The highest BCUT2D eigenvalue weighted by molar-refractivity contribution is 5.76. The zero-order valence-electron chi connectivity index (χ0n) is 14.5. The molecule has 1 amide bonds. The lowest BCUT2D eigenvalue weighted by Crippen LogP contribution is -2.40. The first-order valence-corrected chi connectivity index (χ1v) is 8.52. The molecule has 1 aliphatic heterocycles. The summed E-state index contributed by atoms with van der Waals surface area (Å²) in [4.78, 5) is 17.6. The summed E-state index contributed by atoms with van der Waals surface area (Å²) in [6, 6.07) is 0. The molecule has 2 aromatic heterocycles. The molecule has 0 bridgehead atoms. The number of halogens is 3. The van der Waals surface area contributed by atoms with E-state index in [1.54, 1.807) is 12.5 Å². The lowest BCUT2D eigenvalue weighted by atomic mass is 9.96. The molecule has 7 nitrogen and oxygen atoms in total. The third-order valence-electron chi connectivity index (χ3n) is 4.64. The van der Waals surface area contributed by atoms with E-state index in [4.69, 9.17) is 0 Å². The molecule has 142 valence electrons. The van der Waals surface area contributed by atoms with E-state index in [9.17, 15) is 18.0 Å². The van der Waals surface area contributed by atoms with Gasteiger partial charge in [0.1, 0.15) is 5.82 Å². The fraction of sp³-hybridized carbons (Fsp3) is 0.625. The van der Waals surface area contributed by atoms with Gasteiger partial charge in [-0.25, -0.2) is 4.98 Å². The van der Waals surface area contributed by atoms with Crippen molar-refractivity contribution in [3.8, 4) is 0 Å². The number of hydrogen-bond donors (Lipinski definition) is 0. The number of alkyl halides is 3. The monoisotopic (exact) mass is 370 g/mol. The lowest BCUT2D eigenvalue weighted by molar-refractivity contribution is -0.149. The summed E-state index contributed by atoms with van der Waals surface area (Å²) in [7, 11) is 1.87. The number of carbonyl (C=O) groups excluding carboxylic acids is 1. The third kappa shape index (κ3) is 4.41. The summed E-state index contributed by atoms with van der Waals surface area (Å²) in [6.07, 6.45) is 0.894. The van der Waals surface area contributed by atoms with Crippen LogP contribution in [0.2, 0.25) is 0 Å². The Morgan fingerprint density at radius 2 is 2.15 bits per heavy atom. The Kier molecular flexibility index (Phi) is 5.28. The number of carbonyl (C=O) groups is 1. The van der Waals surface area contributed by atoms with Crippen LogP contribution in [0.3, 0.4) is 0 Å². The Balaban J connectivity index is 1.64. The normalized spacial score (nSPS) is 18.3. The van der Waals surface area contributed by atoms with Crippen LogP contribution < -0.4 is 0 Å². The van der Waals surface area contributed by atoms with Crippen LogP contribution in [0.5, 0.6) is 0 Å². The number of nitrogens with zero attached hydrogens (tertiary/aromatic N) is 6. The van der Waals surface area contributed by atoms with Gasteiger partial charge in [0, 0.05) is 44.9 Å². The SMILES string of the molecule is Cn1c(Cn2ccnc2)nnc1[C@H]1CCCN(C(=O)CCC(F)(F)F)C1. The van der Waals surface area contributed by atoms with Gasteiger partial charge in [-0.1, -0.05) is 0 Å². The third-order valence-corrected chi connectivity index (χ3v) is 4.64. The molecule has 0 aromatic carbocycles. The zero-order valence-corrected chi connectivity index (χ0v) is 14.5.